The average molecular weight is 424 g/mol. The predicted octanol–water partition coefficient (Wildman–Crippen LogP) is 3.61. The van der Waals surface area contributed by atoms with E-state index in [4.69, 9.17) is 9.47 Å². The van der Waals surface area contributed by atoms with Gasteiger partial charge in [0.15, 0.2) is 11.5 Å². The number of ether oxygens (including phenoxy) is 2. The summed E-state index contributed by atoms with van der Waals surface area (Å²) >= 11 is 0. The van der Waals surface area contributed by atoms with Crippen molar-refractivity contribution in [2.45, 2.75) is 25.8 Å². The third kappa shape index (κ3) is 3.87. The molecule has 31 heavy (non-hydrogen) atoms. The van der Waals surface area contributed by atoms with Gasteiger partial charge in [0.1, 0.15) is 11.5 Å². The van der Waals surface area contributed by atoms with Gasteiger partial charge in [-0.25, -0.2) is 4.39 Å². The van der Waals surface area contributed by atoms with Crippen LogP contribution >= 0.6 is 0 Å². The smallest absolute Gasteiger partial charge is 0.278 e. The topological polar surface area (TPSA) is 59.1 Å². The first-order chi connectivity index (χ1) is 15.0. The molecule has 1 saturated heterocycles. The maximum Gasteiger partial charge on any atom is 0.278 e. The molecule has 0 aromatic heterocycles. The highest BCUT2D eigenvalue weighted by atomic mass is 19.1. The standard InChI is InChI=1S/C24H25FN2O4/c1-30-19-11-10-16(14-20(19)31-2)21-22(26-12-6-3-7-13-26)24(29)27(23(21)28)15-17-8-4-5-9-18(17)25/h4-5,8-11,14H,3,6-7,12-13,15H2,1-2H3. The molecule has 2 amide bonds. The molecule has 2 aliphatic rings. The van der Waals surface area contributed by atoms with Gasteiger partial charge in [0.05, 0.1) is 26.3 Å². The first kappa shape index (κ1) is 20.9. The number of hydrogen-bond acceptors (Lipinski definition) is 5. The molecule has 1 fully saturated rings. The van der Waals surface area contributed by atoms with E-state index in [1.165, 1.54) is 20.3 Å². The van der Waals surface area contributed by atoms with Crippen molar-refractivity contribution >= 4 is 17.4 Å². The summed E-state index contributed by atoms with van der Waals surface area (Å²) in [5.74, 6) is -0.257. The van der Waals surface area contributed by atoms with E-state index in [0.29, 0.717) is 47.0 Å². The number of rotatable bonds is 6. The molecular weight excluding hydrogens is 399 g/mol. The van der Waals surface area contributed by atoms with E-state index < -0.39 is 11.7 Å². The van der Waals surface area contributed by atoms with E-state index >= 15 is 0 Å². The van der Waals surface area contributed by atoms with Crippen molar-refractivity contribution in [2.75, 3.05) is 27.3 Å². The number of hydrogen-bond donors (Lipinski definition) is 0. The number of piperidine rings is 1. The van der Waals surface area contributed by atoms with E-state index in [1.807, 2.05) is 4.90 Å². The van der Waals surface area contributed by atoms with Crippen molar-refractivity contribution in [3.8, 4) is 11.5 Å². The number of carbonyl (C=O) groups excluding carboxylic acids is 2. The summed E-state index contributed by atoms with van der Waals surface area (Å²) in [6.45, 7) is 1.30. The highest BCUT2D eigenvalue weighted by molar-refractivity contribution is 6.35. The average Bonchev–Trinajstić information content (AvgIpc) is 3.05. The van der Waals surface area contributed by atoms with Gasteiger partial charge < -0.3 is 14.4 Å². The lowest BCUT2D eigenvalue weighted by Gasteiger charge is -2.29. The Morgan fingerprint density at radius 2 is 1.61 bits per heavy atom. The van der Waals surface area contributed by atoms with Crippen LogP contribution in [0.4, 0.5) is 4.39 Å². The molecule has 2 aromatic carbocycles. The summed E-state index contributed by atoms with van der Waals surface area (Å²) in [7, 11) is 3.06. The van der Waals surface area contributed by atoms with Crippen LogP contribution < -0.4 is 9.47 Å². The van der Waals surface area contributed by atoms with Gasteiger partial charge in [-0.2, -0.15) is 0 Å². The van der Waals surface area contributed by atoms with Crippen LogP contribution in [0, 0.1) is 5.82 Å². The Morgan fingerprint density at radius 3 is 2.29 bits per heavy atom. The maximum atomic E-state index is 14.2. The molecule has 162 valence electrons. The van der Waals surface area contributed by atoms with Crippen LogP contribution in [-0.2, 0) is 16.1 Å². The van der Waals surface area contributed by atoms with Crippen LogP contribution in [0.5, 0.6) is 11.5 Å². The third-order valence-electron chi connectivity index (χ3n) is 5.77. The Balaban J connectivity index is 1.78. The van der Waals surface area contributed by atoms with Crippen LogP contribution in [0.1, 0.15) is 30.4 Å². The normalized spacial score (nSPS) is 16.9. The highest BCUT2D eigenvalue weighted by Gasteiger charge is 2.42. The monoisotopic (exact) mass is 424 g/mol. The Kier molecular flexibility index (Phi) is 5.93. The maximum absolute atomic E-state index is 14.2. The summed E-state index contributed by atoms with van der Waals surface area (Å²) in [5, 5.41) is 0. The van der Waals surface area contributed by atoms with Crippen molar-refractivity contribution in [1.82, 2.24) is 9.80 Å². The third-order valence-corrected chi connectivity index (χ3v) is 5.77. The van der Waals surface area contributed by atoms with Crippen molar-refractivity contribution in [3.63, 3.8) is 0 Å². The SMILES string of the molecule is COc1ccc(C2=C(N3CCCCC3)C(=O)N(Cc3ccccc3F)C2=O)cc1OC. The Labute approximate surface area is 180 Å². The molecule has 2 heterocycles. The molecule has 0 bridgehead atoms. The number of methoxy groups -OCH3 is 2. The van der Waals surface area contributed by atoms with Crippen LogP contribution in [-0.4, -0.2) is 48.9 Å². The lowest BCUT2D eigenvalue weighted by Crippen LogP contribution is -2.37. The minimum atomic E-state index is -0.442. The molecule has 6 nitrogen and oxygen atoms in total. The van der Waals surface area contributed by atoms with Crippen LogP contribution in [0.3, 0.4) is 0 Å². The second-order valence-corrected chi connectivity index (χ2v) is 7.63. The molecule has 2 aliphatic heterocycles. The minimum Gasteiger partial charge on any atom is -0.493 e. The fraction of sp³-hybridized carbons (Fsp3) is 0.333. The van der Waals surface area contributed by atoms with Crippen LogP contribution in [0.25, 0.3) is 5.57 Å². The van der Waals surface area contributed by atoms with Gasteiger partial charge in [-0.3, -0.25) is 14.5 Å². The van der Waals surface area contributed by atoms with E-state index in [9.17, 15) is 14.0 Å². The zero-order valence-electron chi connectivity index (χ0n) is 17.7. The molecule has 0 aliphatic carbocycles. The molecule has 4 rings (SSSR count). The molecular formula is C24H25FN2O4. The largest absolute Gasteiger partial charge is 0.493 e. The summed E-state index contributed by atoms with van der Waals surface area (Å²) in [6, 6.07) is 11.4. The second-order valence-electron chi connectivity index (χ2n) is 7.63. The van der Waals surface area contributed by atoms with Gasteiger partial charge >= 0.3 is 0 Å². The molecule has 0 saturated carbocycles. The molecule has 0 unspecified atom stereocenters. The second kappa shape index (κ2) is 8.79. The van der Waals surface area contributed by atoms with E-state index in [2.05, 4.69) is 0 Å². The van der Waals surface area contributed by atoms with Gasteiger partial charge in [-0.15, -0.1) is 0 Å². The van der Waals surface area contributed by atoms with Gasteiger partial charge in [-0.1, -0.05) is 24.3 Å². The molecule has 7 heteroatoms. The van der Waals surface area contributed by atoms with E-state index in [0.717, 1.165) is 24.2 Å². The zero-order chi connectivity index (χ0) is 22.0. The van der Waals surface area contributed by atoms with Crippen molar-refractivity contribution < 1.29 is 23.5 Å². The highest BCUT2D eigenvalue weighted by Crippen LogP contribution is 2.37. The van der Waals surface area contributed by atoms with E-state index in [1.54, 1.807) is 36.4 Å². The number of likely N-dealkylation sites (tertiary alicyclic amines) is 1. The molecule has 2 aromatic rings. The van der Waals surface area contributed by atoms with E-state index in [-0.39, 0.29) is 12.5 Å². The number of nitrogens with zero attached hydrogens (tertiary/aromatic N) is 2. The van der Waals surface area contributed by atoms with Crippen molar-refractivity contribution in [1.29, 1.82) is 0 Å². The van der Waals surface area contributed by atoms with Gasteiger partial charge in [0.2, 0.25) is 0 Å². The summed E-state index contributed by atoms with van der Waals surface area (Å²) < 4.78 is 24.9. The fourth-order valence-corrected chi connectivity index (χ4v) is 4.17. The molecule has 0 atom stereocenters. The lowest BCUT2D eigenvalue weighted by atomic mass is 10.0. The predicted molar refractivity (Wildman–Crippen MR) is 114 cm³/mol. The first-order valence-electron chi connectivity index (χ1n) is 10.4. The number of carbonyl (C=O) groups is 2. The zero-order valence-corrected chi connectivity index (χ0v) is 17.7. The summed E-state index contributed by atoms with van der Waals surface area (Å²) in [6.07, 6.45) is 3.01. The molecule has 0 spiro atoms. The van der Waals surface area contributed by atoms with Crippen LogP contribution in [0.15, 0.2) is 48.2 Å². The van der Waals surface area contributed by atoms with Crippen molar-refractivity contribution in [2.24, 2.45) is 0 Å². The number of halogens is 1. The number of amides is 2. The number of imide groups is 1. The first-order valence-corrected chi connectivity index (χ1v) is 10.4. The summed E-state index contributed by atoms with van der Waals surface area (Å²) in [4.78, 5) is 30.0. The van der Waals surface area contributed by atoms with Crippen molar-refractivity contribution in [3.05, 3.63) is 65.1 Å². The Hall–Kier alpha value is -3.35. The molecule has 0 N–H and O–H groups in total. The Morgan fingerprint density at radius 1 is 0.903 bits per heavy atom. The van der Waals surface area contributed by atoms with Gasteiger partial charge in [0.25, 0.3) is 11.8 Å². The summed E-state index contributed by atoms with van der Waals surface area (Å²) in [5.41, 5.74) is 1.58. The molecule has 0 radical (unpaired) electrons. The quantitative estimate of drug-likeness (QED) is 0.663. The van der Waals surface area contributed by atoms with Gasteiger partial charge in [0, 0.05) is 18.7 Å². The van der Waals surface area contributed by atoms with Gasteiger partial charge in [-0.05, 0) is 43.0 Å². The number of benzene rings is 2. The Bertz CT molecular complexity index is 1040. The lowest BCUT2D eigenvalue weighted by molar-refractivity contribution is -0.138. The minimum absolute atomic E-state index is 0.113. The van der Waals surface area contributed by atoms with Crippen LogP contribution in [0.2, 0.25) is 0 Å². The fourth-order valence-electron chi connectivity index (χ4n) is 4.17.